The Bertz CT molecular complexity index is 283. The minimum Gasteiger partial charge on any atom is -0.480 e. The number of hydrogen-bond donors (Lipinski definition) is 2. The summed E-state index contributed by atoms with van der Waals surface area (Å²) in [6.45, 7) is 4.83. The highest BCUT2D eigenvalue weighted by atomic mass is 16.4. The minimum absolute atomic E-state index is 0.264. The standard InChI is InChI=1S/C11H21N3O3/c1-3-13(2)8-6-12-11(17)14-7-4-5-9(14)10(15)16/h9H,3-8H2,1-2H3,(H,12,17)(H,15,16)/t9-/m0/s1. The van der Waals surface area contributed by atoms with E-state index in [1.807, 2.05) is 14.0 Å². The number of nitrogens with one attached hydrogen (secondary N) is 1. The molecule has 98 valence electrons. The molecule has 1 rings (SSSR count). The number of carboxylic acids is 1. The van der Waals surface area contributed by atoms with Crippen LogP contribution in [0, 0.1) is 0 Å². The van der Waals surface area contributed by atoms with Crippen LogP contribution in [0.5, 0.6) is 0 Å². The predicted molar refractivity (Wildman–Crippen MR) is 63.9 cm³/mol. The number of carbonyl (C=O) groups is 2. The Kier molecular flexibility index (Phi) is 5.21. The molecule has 0 unspecified atom stereocenters. The molecule has 1 atom stereocenters. The summed E-state index contributed by atoms with van der Waals surface area (Å²) in [5.74, 6) is -0.914. The lowest BCUT2D eigenvalue weighted by atomic mass is 10.2. The van der Waals surface area contributed by atoms with Gasteiger partial charge in [0.05, 0.1) is 0 Å². The summed E-state index contributed by atoms with van der Waals surface area (Å²) >= 11 is 0. The first-order valence-electron chi connectivity index (χ1n) is 6.02. The lowest BCUT2D eigenvalue weighted by molar-refractivity contribution is -0.141. The van der Waals surface area contributed by atoms with Crippen LogP contribution in [-0.4, -0.2) is 66.2 Å². The van der Waals surface area contributed by atoms with Gasteiger partial charge in [-0.25, -0.2) is 9.59 Å². The summed E-state index contributed by atoms with van der Waals surface area (Å²) in [7, 11) is 1.97. The summed E-state index contributed by atoms with van der Waals surface area (Å²) < 4.78 is 0. The number of carbonyl (C=O) groups excluding carboxylic acids is 1. The smallest absolute Gasteiger partial charge is 0.326 e. The molecule has 2 amide bonds. The Hall–Kier alpha value is -1.30. The number of likely N-dealkylation sites (tertiary alicyclic amines) is 1. The fraction of sp³-hybridized carbons (Fsp3) is 0.818. The monoisotopic (exact) mass is 243 g/mol. The van der Waals surface area contributed by atoms with E-state index in [1.54, 1.807) is 0 Å². The molecule has 1 aliphatic rings. The molecule has 0 saturated carbocycles. The number of nitrogens with zero attached hydrogens (tertiary/aromatic N) is 2. The van der Waals surface area contributed by atoms with Crippen LogP contribution >= 0.6 is 0 Å². The molecule has 6 heteroatoms. The number of likely N-dealkylation sites (N-methyl/N-ethyl adjacent to an activating group) is 1. The average molecular weight is 243 g/mol. The van der Waals surface area contributed by atoms with Crippen molar-refractivity contribution in [2.75, 3.05) is 33.2 Å². The normalized spacial score (nSPS) is 19.7. The third-order valence-electron chi connectivity index (χ3n) is 3.11. The first kappa shape index (κ1) is 13.8. The predicted octanol–water partition coefficient (Wildman–Crippen LogP) is 0.197. The van der Waals surface area contributed by atoms with Crippen LogP contribution in [0.15, 0.2) is 0 Å². The van der Waals surface area contributed by atoms with Crippen molar-refractivity contribution in [1.82, 2.24) is 15.1 Å². The third kappa shape index (κ3) is 3.89. The van der Waals surface area contributed by atoms with Crippen molar-refractivity contribution >= 4 is 12.0 Å². The van der Waals surface area contributed by atoms with E-state index in [-0.39, 0.29) is 6.03 Å². The van der Waals surface area contributed by atoms with Crippen molar-refractivity contribution in [2.24, 2.45) is 0 Å². The van der Waals surface area contributed by atoms with Crippen LogP contribution in [0.3, 0.4) is 0 Å². The third-order valence-corrected chi connectivity index (χ3v) is 3.11. The topological polar surface area (TPSA) is 72.9 Å². The van der Waals surface area contributed by atoms with Gasteiger partial charge >= 0.3 is 12.0 Å². The van der Waals surface area contributed by atoms with E-state index in [0.29, 0.717) is 19.5 Å². The highest BCUT2D eigenvalue weighted by molar-refractivity contribution is 5.83. The van der Waals surface area contributed by atoms with Gasteiger partial charge in [0.15, 0.2) is 0 Å². The van der Waals surface area contributed by atoms with Crippen LogP contribution in [-0.2, 0) is 4.79 Å². The molecule has 0 aromatic heterocycles. The molecule has 6 nitrogen and oxygen atoms in total. The summed E-state index contributed by atoms with van der Waals surface area (Å²) in [6.07, 6.45) is 1.32. The van der Waals surface area contributed by atoms with Gasteiger partial charge < -0.3 is 20.2 Å². The number of carboxylic acid groups (broad SMARTS) is 1. The van der Waals surface area contributed by atoms with Gasteiger partial charge in [0, 0.05) is 19.6 Å². The molecular formula is C11H21N3O3. The summed E-state index contributed by atoms with van der Waals surface area (Å²) in [6, 6.07) is -0.918. The van der Waals surface area contributed by atoms with E-state index < -0.39 is 12.0 Å². The van der Waals surface area contributed by atoms with Gasteiger partial charge in [-0.2, -0.15) is 0 Å². The lowest BCUT2D eigenvalue weighted by Crippen LogP contribution is -2.47. The molecule has 0 aromatic rings. The highest BCUT2D eigenvalue weighted by Gasteiger charge is 2.33. The van der Waals surface area contributed by atoms with Crippen LogP contribution < -0.4 is 5.32 Å². The van der Waals surface area contributed by atoms with E-state index in [2.05, 4.69) is 10.2 Å². The molecule has 0 radical (unpaired) electrons. The van der Waals surface area contributed by atoms with Crippen LogP contribution in [0.4, 0.5) is 4.79 Å². The van der Waals surface area contributed by atoms with Crippen molar-refractivity contribution in [2.45, 2.75) is 25.8 Å². The van der Waals surface area contributed by atoms with Crippen molar-refractivity contribution in [3.05, 3.63) is 0 Å². The Labute approximate surface area is 102 Å². The molecule has 1 heterocycles. The van der Waals surface area contributed by atoms with Crippen molar-refractivity contribution < 1.29 is 14.7 Å². The van der Waals surface area contributed by atoms with Crippen molar-refractivity contribution in [1.29, 1.82) is 0 Å². The zero-order chi connectivity index (χ0) is 12.8. The molecule has 0 spiro atoms. The van der Waals surface area contributed by atoms with Gasteiger partial charge in [0.25, 0.3) is 0 Å². The lowest BCUT2D eigenvalue weighted by Gasteiger charge is -2.22. The van der Waals surface area contributed by atoms with E-state index >= 15 is 0 Å². The van der Waals surface area contributed by atoms with E-state index in [9.17, 15) is 9.59 Å². The van der Waals surface area contributed by atoms with Gasteiger partial charge in [-0.15, -0.1) is 0 Å². The molecular weight excluding hydrogens is 222 g/mol. The fourth-order valence-electron chi connectivity index (χ4n) is 1.88. The summed E-state index contributed by atoms with van der Waals surface area (Å²) in [5.41, 5.74) is 0. The largest absolute Gasteiger partial charge is 0.480 e. The fourth-order valence-corrected chi connectivity index (χ4v) is 1.88. The van der Waals surface area contributed by atoms with Gasteiger partial charge in [-0.3, -0.25) is 0 Å². The maximum Gasteiger partial charge on any atom is 0.326 e. The molecule has 1 aliphatic heterocycles. The van der Waals surface area contributed by atoms with Gasteiger partial charge in [-0.05, 0) is 26.4 Å². The molecule has 1 fully saturated rings. The van der Waals surface area contributed by atoms with Crippen LogP contribution in [0.25, 0.3) is 0 Å². The minimum atomic E-state index is -0.914. The summed E-state index contributed by atoms with van der Waals surface area (Å²) in [5, 5.41) is 11.7. The van der Waals surface area contributed by atoms with Gasteiger partial charge in [0.2, 0.25) is 0 Å². The molecule has 1 saturated heterocycles. The highest BCUT2D eigenvalue weighted by Crippen LogP contribution is 2.16. The number of urea groups is 1. The first-order valence-corrected chi connectivity index (χ1v) is 6.02. The van der Waals surface area contributed by atoms with Crippen LogP contribution in [0.2, 0.25) is 0 Å². The molecule has 0 aromatic carbocycles. The van der Waals surface area contributed by atoms with Gasteiger partial charge in [0.1, 0.15) is 6.04 Å². The Balaban J connectivity index is 2.34. The molecule has 0 bridgehead atoms. The zero-order valence-electron chi connectivity index (χ0n) is 10.5. The second kappa shape index (κ2) is 6.44. The van der Waals surface area contributed by atoms with E-state index in [0.717, 1.165) is 19.5 Å². The molecule has 0 aliphatic carbocycles. The maximum absolute atomic E-state index is 11.8. The number of aliphatic carboxylic acids is 1. The number of amides is 2. The second-order valence-electron chi connectivity index (χ2n) is 4.32. The first-order chi connectivity index (χ1) is 8.06. The van der Waals surface area contributed by atoms with Crippen molar-refractivity contribution in [3.63, 3.8) is 0 Å². The second-order valence-corrected chi connectivity index (χ2v) is 4.32. The molecule has 17 heavy (non-hydrogen) atoms. The number of rotatable bonds is 5. The summed E-state index contributed by atoms with van der Waals surface area (Å²) in [4.78, 5) is 26.2. The number of hydrogen-bond acceptors (Lipinski definition) is 3. The zero-order valence-corrected chi connectivity index (χ0v) is 10.5. The van der Waals surface area contributed by atoms with Crippen molar-refractivity contribution in [3.8, 4) is 0 Å². The Morgan fingerprint density at radius 1 is 1.53 bits per heavy atom. The molecule has 2 N–H and O–H groups in total. The maximum atomic E-state index is 11.8. The average Bonchev–Trinajstić information content (AvgIpc) is 2.77. The Morgan fingerprint density at radius 2 is 2.24 bits per heavy atom. The van der Waals surface area contributed by atoms with E-state index in [1.165, 1.54) is 4.90 Å². The Morgan fingerprint density at radius 3 is 2.82 bits per heavy atom. The SMILES string of the molecule is CCN(C)CCNC(=O)N1CCC[C@H]1C(=O)O. The van der Waals surface area contributed by atoms with E-state index in [4.69, 9.17) is 5.11 Å². The quantitative estimate of drug-likeness (QED) is 0.723. The van der Waals surface area contributed by atoms with Crippen LogP contribution in [0.1, 0.15) is 19.8 Å². The van der Waals surface area contributed by atoms with Gasteiger partial charge in [-0.1, -0.05) is 6.92 Å².